The molecule has 1 fully saturated rings. The van der Waals surface area contributed by atoms with Gasteiger partial charge in [0, 0.05) is 17.3 Å². The van der Waals surface area contributed by atoms with E-state index in [4.69, 9.17) is 16.3 Å². The maximum Gasteiger partial charge on any atom is 0.411 e. The second-order valence-electron chi connectivity index (χ2n) is 7.05. The molecule has 0 unspecified atom stereocenters. The number of piperidine rings is 1. The van der Waals surface area contributed by atoms with Gasteiger partial charge in [0.25, 0.3) is 0 Å². The van der Waals surface area contributed by atoms with Gasteiger partial charge in [-0.3, -0.25) is 15.1 Å². The number of halogens is 1. The van der Waals surface area contributed by atoms with Crippen LogP contribution in [0.1, 0.15) is 30.9 Å². The summed E-state index contributed by atoms with van der Waals surface area (Å²) in [6.45, 7) is 3.65. The minimum Gasteiger partial charge on any atom is -0.445 e. The lowest BCUT2D eigenvalue weighted by Crippen LogP contribution is -2.49. The molecule has 1 heterocycles. The van der Waals surface area contributed by atoms with Crippen LogP contribution in [0.4, 0.5) is 10.5 Å². The largest absolute Gasteiger partial charge is 0.445 e. The summed E-state index contributed by atoms with van der Waals surface area (Å²) in [5.74, 6) is 0. The number of amides is 2. The van der Waals surface area contributed by atoms with Gasteiger partial charge in [-0.05, 0) is 48.6 Å². The lowest BCUT2D eigenvalue weighted by atomic mass is 10.1. The van der Waals surface area contributed by atoms with Crippen molar-refractivity contribution in [1.82, 2.24) is 10.0 Å². The van der Waals surface area contributed by atoms with Crippen LogP contribution in [0.3, 0.4) is 0 Å². The molecule has 1 aliphatic rings. The van der Waals surface area contributed by atoms with Crippen molar-refractivity contribution in [3.05, 3.63) is 64.7 Å². The number of carbonyl (C=O) groups excluding carboxylic acids is 2. The number of rotatable bonds is 7. The molecule has 7 heteroatoms. The Labute approximate surface area is 176 Å². The maximum atomic E-state index is 12.3. The van der Waals surface area contributed by atoms with E-state index in [0.29, 0.717) is 23.8 Å². The summed E-state index contributed by atoms with van der Waals surface area (Å²) < 4.78 is 5.59. The van der Waals surface area contributed by atoms with Gasteiger partial charge in [-0.1, -0.05) is 48.9 Å². The molecule has 0 spiro atoms. The summed E-state index contributed by atoms with van der Waals surface area (Å²) in [5, 5.41) is 6.89. The van der Waals surface area contributed by atoms with Crippen molar-refractivity contribution in [2.24, 2.45) is 0 Å². The monoisotopic (exact) mass is 415 g/mol. The Morgan fingerprint density at radius 3 is 2.72 bits per heavy atom. The number of nitrogens with one attached hydrogen (secondary N) is 1. The van der Waals surface area contributed by atoms with Gasteiger partial charge in [0.05, 0.1) is 13.1 Å². The van der Waals surface area contributed by atoms with Crippen molar-refractivity contribution in [3.63, 3.8) is 0 Å². The van der Waals surface area contributed by atoms with Crippen LogP contribution in [0.15, 0.2) is 48.5 Å². The van der Waals surface area contributed by atoms with Gasteiger partial charge in [0.2, 0.25) is 6.41 Å². The van der Waals surface area contributed by atoms with Crippen LogP contribution in [0.2, 0.25) is 5.02 Å². The molecule has 29 heavy (non-hydrogen) atoms. The van der Waals surface area contributed by atoms with Gasteiger partial charge in [-0.25, -0.2) is 9.80 Å². The standard InChI is InChI=1S/C22H26ClN3O3/c1-2-17-9-11-19(12-10-17)24-22(28)29-20-7-5-13-25(15-20)26(16-27)14-18-6-3-4-8-21(18)23/h3-4,6,8-12,16,20H,2,5,7,13-15H2,1H3,(H,24,28)/t20-/m0/s1. The van der Waals surface area contributed by atoms with Crippen LogP contribution in [0, 0.1) is 0 Å². The van der Waals surface area contributed by atoms with Gasteiger partial charge in [-0.15, -0.1) is 0 Å². The van der Waals surface area contributed by atoms with Gasteiger partial charge < -0.3 is 4.74 Å². The first kappa shape index (κ1) is 21.1. The van der Waals surface area contributed by atoms with Crippen molar-refractivity contribution in [3.8, 4) is 0 Å². The van der Waals surface area contributed by atoms with Crippen molar-refractivity contribution < 1.29 is 14.3 Å². The molecular formula is C22H26ClN3O3. The smallest absolute Gasteiger partial charge is 0.411 e. The number of ether oxygens (including phenoxy) is 1. The summed E-state index contributed by atoms with van der Waals surface area (Å²) in [6, 6.07) is 15.1. The highest BCUT2D eigenvalue weighted by Crippen LogP contribution is 2.21. The Bertz CT molecular complexity index is 828. The van der Waals surface area contributed by atoms with Gasteiger partial charge in [0.15, 0.2) is 0 Å². The summed E-state index contributed by atoms with van der Waals surface area (Å²) in [4.78, 5) is 23.9. The van der Waals surface area contributed by atoms with E-state index in [2.05, 4.69) is 12.2 Å². The Morgan fingerprint density at radius 2 is 2.03 bits per heavy atom. The first-order valence-electron chi connectivity index (χ1n) is 9.85. The zero-order chi connectivity index (χ0) is 20.6. The molecule has 2 aromatic carbocycles. The second kappa shape index (κ2) is 10.3. The first-order chi connectivity index (χ1) is 14.1. The molecule has 0 radical (unpaired) electrons. The summed E-state index contributed by atoms with van der Waals surface area (Å²) in [7, 11) is 0. The predicted molar refractivity (Wildman–Crippen MR) is 114 cm³/mol. The molecule has 3 rings (SSSR count). The molecule has 1 aliphatic heterocycles. The number of hydrogen-bond donors (Lipinski definition) is 1. The lowest BCUT2D eigenvalue weighted by Gasteiger charge is -2.38. The third kappa shape index (κ3) is 5.95. The molecule has 0 aliphatic carbocycles. The molecule has 2 amide bonds. The van der Waals surface area contributed by atoms with Crippen LogP contribution in [0.5, 0.6) is 0 Å². The van der Waals surface area contributed by atoms with Crippen molar-refractivity contribution in [1.29, 1.82) is 0 Å². The topological polar surface area (TPSA) is 61.9 Å². The number of hydrazine groups is 1. The van der Waals surface area contributed by atoms with Crippen LogP contribution in [-0.2, 0) is 22.5 Å². The van der Waals surface area contributed by atoms with E-state index in [1.807, 2.05) is 47.5 Å². The molecule has 0 bridgehead atoms. The minimum absolute atomic E-state index is 0.285. The molecule has 1 atom stereocenters. The average Bonchev–Trinajstić information content (AvgIpc) is 2.74. The Hall–Kier alpha value is -2.57. The van der Waals surface area contributed by atoms with E-state index in [1.165, 1.54) is 5.56 Å². The summed E-state index contributed by atoms with van der Waals surface area (Å²) in [6.07, 6.45) is 2.57. The van der Waals surface area contributed by atoms with Gasteiger partial charge in [-0.2, -0.15) is 0 Å². The average molecular weight is 416 g/mol. The van der Waals surface area contributed by atoms with Crippen LogP contribution in [-0.4, -0.2) is 41.7 Å². The van der Waals surface area contributed by atoms with Crippen molar-refractivity contribution in [2.45, 2.75) is 38.8 Å². The predicted octanol–water partition coefficient (Wildman–Crippen LogP) is 4.49. The Kier molecular flexibility index (Phi) is 7.49. The molecular weight excluding hydrogens is 390 g/mol. The molecule has 1 saturated heterocycles. The second-order valence-corrected chi connectivity index (χ2v) is 7.46. The van der Waals surface area contributed by atoms with E-state index in [9.17, 15) is 9.59 Å². The van der Waals surface area contributed by atoms with Crippen LogP contribution >= 0.6 is 11.6 Å². The quantitative estimate of drug-likeness (QED) is 0.677. The molecule has 0 saturated carbocycles. The third-order valence-electron chi connectivity index (χ3n) is 5.01. The zero-order valence-corrected chi connectivity index (χ0v) is 17.3. The molecule has 1 N–H and O–H groups in total. The van der Waals surface area contributed by atoms with E-state index < -0.39 is 6.09 Å². The van der Waals surface area contributed by atoms with Crippen LogP contribution < -0.4 is 5.32 Å². The SMILES string of the molecule is CCc1ccc(NC(=O)O[C@H]2CCCN(N(C=O)Cc3ccccc3Cl)C2)cc1. The summed E-state index contributed by atoms with van der Waals surface area (Å²) in [5.41, 5.74) is 2.78. The van der Waals surface area contributed by atoms with Crippen LogP contribution in [0.25, 0.3) is 0 Å². The molecule has 154 valence electrons. The first-order valence-corrected chi connectivity index (χ1v) is 10.2. The number of benzene rings is 2. The zero-order valence-electron chi connectivity index (χ0n) is 16.5. The third-order valence-corrected chi connectivity index (χ3v) is 5.38. The summed E-state index contributed by atoms with van der Waals surface area (Å²) >= 11 is 6.22. The van der Waals surface area contributed by atoms with E-state index in [0.717, 1.165) is 37.8 Å². The molecule has 0 aromatic heterocycles. The fourth-order valence-corrected chi connectivity index (χ4v) is 3.57. The van der Waals surface area contributed by atoms with Gasteiger partial charge in [0.1, 0.15) is 6.10 Å². The van der Waals surface area contributed by atoms with Crippen molar-refractivity contribution in [2.75, 3.05) is 18.4 Å². The maximum absolute atomic E-state index is 12.3. The number of aryl methyl sites for hydroxylation is 1. The highest BCUT2D eigenvalue weighted by Gasteiger charge is 2.27. The fourth-order valence-electron chi connectivity index (χ4n) is 3.38. The lowest BCUT2D eigenvalue weighted by molar-refractivity contribution is -0.142. The van der Waals surface area contributed by atoms with E-state index in [-0.39, 0.29) is 6.10 Å². The highest BCUT2D eigenvalue weighted by atomic mass is 35.5. The number of anilines is 1. The molecule has 6 nitrogen and oxygen atoms in total. The number of carbonyl (C=O) groups is 2. The Morgan fingerprint density at radius 1 is 1.28 bits per heavy atom. The Balaban J connectivity index is 1.55. The van der Waals surface area contributed by atoms with E-state index >= 15 is 0 Å². The number of hydrogen-bond acceptors (Lipinski definition) is 4. The normalized spacial score (nSPS) is 16.8. The highest BCUT2D eigenvalue weighted by molar-refractivity contribution is 6.31. The fraction of sp³-hybridized carbons (Fsp3) is 0.364. The van der Waals surface area contributed by atoms with Gasteiger partial charge >= 0.3 is 6.09 Å². The molecule has 2 aromatic rings. The minimum atomic E-state index is -0.482. The van der Waals surface area contributed by atoms with E-state index in [1.54, 1.807) is 11.1 Å². The van der Waals surface area contributed by atoms with Crippen molar-refractivity contribution >= 4 is 29.8 Å². The number of nitrogens with zero attached hydrogens (tertiary/aromatic N) is 2.